The summed E-state index contributed by atoms with van der Waals surface area (Å²) in [5.41, 5.74) is 2.52. The van der Waals surface area contributed by atoms with Crippen LogP contribution >= 0.6 is 22.9 Å². The Morgan fingerprint density at radius 3 is 2.84 bits per heavy atom. The predicted molar refractivity (Wildman–Crippen MR) is 94.1 cm³/mol. The molecule has 0 spiro atoms. The Labute approximate surface area is 151 Å². The molecule has 8 nitrogen and oxygen atoms in total. The molecule has 3 rings (SSSR count). The van der Waals surface area contributed by atoms with Crippen LogP contribution in [0.2, 0.25) is 5.15 Å². The van der Waals surface area contributed by atoms with Crippen molar-refractivity contribution in [1.29, 1.82) is 0 Å². The molecular weight excluding hydrogens is 366 g/mol. The molecule has 0 radical (unpaired) electrons. The van der Waals surface area contributed by atoms with Gasteiger partial charge < -0.3 is 9.72 Å². The Hall–Kier alpha value is -2.65. The van der Waals surface area contributed by atoms with Gasteiger partial charge in [-0.15, -0.1) is 11.3 Å². The molecule has 3 aromatic heterocycles. The number of esters is 1. The number of thiazole rings is 1. The van der Waals surface area contributed by atoms with Crippen LogP contribution in [-0.2, 0) is 11.8 Å². The molecule has 0 aromatic carbocycles. The number of aromatic amines is 1. The zero-order chi connectivity index (χ0) is 18.1. The number of carbonyl (C=O) groups excluding carboxylic acids is 2. The van der Waals surface area contributed by atoms with Crippen molar-refractivity contribution in [2.45, 2.75) is 6.92 Å². The number of rotatable bonds is 4. The van der Waals surface area contributed by atoms with Crippen LogP contribution in [0.3, 0.4) is 0 Å². The van der Waals surface area contributed by atoms with Gasteiger partial charge in [-0.2, -0.15) is 5.10 Å². The number of aromatic nitrogens is 4. The summed E-state index contributed by atoms with van der Waals surface area (Å²) in [5, 5.41) is 9.28. The van der Waals surface area contributed by atoms with Gasteiger partial charge in [0, 0.05) is 24.2 Å². The molecule has 0 aliphatic rings. The van der Waals surface area contributed by atoms with Crippen LogP contribution in [0.5, 0.6) is 0 Å². The van der Waals surface area contributed by atoms with Gasteiger partial charge in [0.25, 0.3) is 5.91 Å². The molecule has 0 saturated heterocycles. The topological polar surface area (TPSA) is 102 Å². The molecule has 0 atom stereocenters. The van der Waals surface area contributed by atoms with Gasteiger partial charge in [-0.25, -0.2) is 9.78 Å². The average Bonchev–Trinajstić information content (AvgIpc) is 3.27. The molecule has 1 amide bonds. The first-order valence-corrected chi connectivity index (χ1v) is 8.39. The fourth-order valence-electron chi connectivity index (χ4n) is 2.28. The summed E-state index contributed by atoms with van der Waals surface area (Å²) in [6.07, 6.45) is 1.65. The Bertz CT molecular complexity index is 958. The second-order valence-corrected chi connectivity index (χ2v) is 6.38. The minimum atomic E-state index is -0.461. The molecule has 0 unspecified atom stereocenters. The Balaban J connectivity index is 1.79. The first kappa shape index (κ1) is 17.2. The van der Waals surface area contributed by atoms with E-state index >= 15 is 0 Å². The third-order valence-electron chi connectivity index (χ3n) is 3.49. The zero-order valence-corrected chi connectivity index (χ0v) is 15.2. The molecule has 2 N–H and O–H groups in total. The number of nitrogens with one attached hydrogen (secondary N) is 2. The predicted octanol–water partition coefficient (Wildman–Crippen LogP) is 2.87. The maximum atomic E-state index is 12.4. The quantitative estimate of drug-likeness (QED) is 0.678. The van der Waals surface area contributed by atoms with E-state index in [-0.39, 0.29) is 11.1 Å². The number of hydrogen-bond donors (Lipinski definition) is 2. The third kappa shape index (κ3) is 3.28. The molecule has 3 heterocycles. The van der Waals surface area contributed by atoms with Crippen molar-refractivity contribution in [2.75, 3.05) is 12.4 Å². The van der Waals surface area contributed by atoms with E-state index in [4.69, 9.17) is 11.6 Å². The molecule has 0 bridgehead atoms. The minimum Gasteiger partial charge on any atom is -0.464 e. The van der Waals surface area contributed by atoms with E-state index < -0.39 is 5.97 Å². The normalized spacial score (nSPS) is 10.7. The Morgan fingerprint density at radius 1 is 1.44 bits per heavy atom. The van der Waals surface area contributed by atoms with Crippen LogP contribution in [-0.4, -0.2) is 38.7 Å². The minimum absolute atomic E-state index is 0.264. The van der Waals surface area contributed by atoms with E-state index in [0.717, 1.165) is 0 Å². The van der Waals surface area contributed by atoms with E-state index in [1.807, 2.05) is 0 Å². The van der Waals surface area contributed by atoms with Crippen LogP contribution < -0.4 is 5.32 Å². The number of nitrogens with zero attached hydrogens (tertiary/aromatic N) is 3. The first-order valence-electron chi connectivity index (χ1n) is 7.13. The number of ether oxygens (including phenoxy) is 1. The van der Waals surface area contributed by atoms with E-state index in [9.17, 15) is 9.59 Å². The van der Waals surface area contributed by atoms with E-state index in [2.05, 4.69) is 25.1 Å². The summed E-state index contributed by atoms with van der Waals surface area (Å²) >= 11 is 7.36. The molecule has 0 aliphatic carbocycles. The van der Waals surface area contributed by atoms with E-state index in [0.29, 0.717) is 33.3 Å². The van der Waals surface area contributed by atoms with Crippen LogP contribution in [0, 0.1) is 6.92 Å². The van der Waals surface area contributed by atoms with Crippen molar-refractivity contribution in [3.63, 3.8) is 0 Å². The third-order valence-corrected chi connectivity index (χ3v) is 4.68. The summed E-state index contributed by atoms with van der Waals surface area (Å²) in [6, 6.07) is 1.63. The number of carbonyl (C=O) groups is 2. The van der Waals surface area contributed by atoms with Crippen molar-refractivity contribution in [2.24, 2.45) is 7.05 Å². The SMILES string of the molecule is COC(=O)c1cc(-c2csc(NC(=O)c3c(C)nn(C)c3Cl)n2)c[nH]1. The summed E-state index contributed by atoms with van der Waals surface area (Å²) in [4.78, 5) is 31.1. The molecule has 10 heteroatoms. The fraction of sp³-hybridized carbons (Fsp3) is 0.200. The molecular formula is C15H14ClN5O3S. The summed E-state index contributed by atoms with van der Waals surface area (Å²) in [7, 11) is 2.98. The molecule has 130 valence electrons. The maximum absolute atomic E-state index is 12.4. The Kier molecular flexibility index (Phi) is 4.60. The molecule has 0 saturated carbocycles. The van der Waals surface area contributed by atoms with Gasteiger partial charge in [-0.05, 0) is 13.0 Å². The van der Waals surface area contributed by atoms with Crippen LogP contribution in [0.1, 0.15) is 26.5 Å². The van der Waals surface area contributed by atoms with Crippen molar-refractivity contribution >= 4 is 39.9 Å². The van der Waals surface area contributed by atoms with Gasteiger partial charge in [0.2, 0.25) is 0 Å². The lowest BCUT2D eigenvalue weighted by atomic mass is 10.2. The van der Waals surface area contributed by atoms with Gasteiger partial charge in [-0.1, -0.05) is 11.6 Å². The number of anilines is 1. The van der Waals surface area contributed by atoms with Crippen LogP contribution in [0.15, 0.2) is 17.6 Å². The van der Waals surface area contributed by atoms with Gasteiger partial charge in [0.1, 0.15) is 10.8 Å². The molecule has 25 heavy (non-hydrogen) atoms. The Morgan fingerprint density at radius 2 is 2.20 bits per heavy atom. The van der Waals surface area contributed by atoms with E-state index in [1.165, 1.54) is 23.1 Å². The monoisotopic (exact) mass is 379 g/mol. The van der Waals surface area contributed by atoms with Crippen molar-refractivity contribution in [1.82, 2.24) is 19.7 Å². The highest BCUT2D eigenvalue weighted by atomic mass is 35.5. The van der Waals surface area contributed by atoms with E-state index in [1.54, 1.807) is 31.6 Å². The summed E-state index contributed by atoms with van der Waals surface area (Å²) < 4.78 is 6.09. The van der Waals surface area contributed by atoms with Gasteiger partial charge >= 0.3 is 5.97 Å². The lowest BCUT2D eigenvalue weighted by Crippen LogP contribution is -2.12. The van der Waals surface area contributed by atoms with Gasteiger partial charge in [0.15, 0.2) is 5.13 Å². The van der Waals surface area contributed by atoms with Gasteiger partial charge in [-0.3, -0.25) is 14.8 Å². The lowest BCUT2D eigenvalue weighted by molar-refractivity contribution is 0.0594. The standard InChI is InChI=1S/C15H14ClN5O3S/c1-7-11(12(16)21(2)20-7)13(22)19-15-18-10(6-25-15)8-4-9(17-5-8)14(23)24-3/h4-6,17H,1-3H3,(H,18,19,22). The second kappa shape index (κ2) is 6.69. The largest absolute Gasteiger partial charge is 0.464 e. The first-order chi connectivity index (χ1) is 11.9. The fourth-order valence-corrected chi connectivity index (χ4v) is 3.26. The lowest BCUT2D eigenvalue weighted by Gasteiger charge is -2.01. The number of methoxy groups -OCH3 is 1. The highest BCUT2D eigenvalue weighted by molar-refractivity contribution is 7.14. The maximum Gasteiger partial charge on any atom is 0.354 e. The smallest absolute Gasteiger partial charge is 0.354 e. The number of halogens is 1. The summed E-state index contributed by atoms with van der Waals surface area (Å²) in [6.45, 7) is 1.71. The van der Waals surface area contributed by atoms with Crippen molar-refractivity contribution in [3.05, 3.63) is 39.7 Å². The summed E-state index contributed by atoms with van der Waals surface area (Å²) in [5.74, 6) is -0.836. The number of amides is 1. The molecule has 0 aliphatic heterocycles. The molecule has 0 fully saturated rings. The highest BCUT2D eigenvalue weighted by Gasteiger charge is 2.20. The van der Waals surface area contributed by atoms with Crippen LogP contribution in [0.4, 0.5) is 5.13 Å². The van der Waals surface area contributed by atoms with Gasteiger partial charge in [0.05, 0.1) is 24.1 Å². The van der Waals surface area contributed by atoms with Crippen LogP contribution in [0.25, 0.3) is 11.3 Å². The highest BCUT2D eigenvalue weighted by Crippen LogP contribution is 2.27. The number of aryl methyl sites for hydroxylation is 2. The number of hydrogen-bond acceptors (Lipinski definition) is 6. The zero-order valence-electron chi connectivity index (χ0n) is 13.6. The van der Waals surface area contributed by atoms with Crippen molar-refractivity contribution in [3.8, 4) is 11.3 Å². The average molecular weight is 380 g/mol. The number of H-pyrrole nitrogens is 1. The van der Waals surface area contributed by atoms with Crippen molar-refractivity contribution < 1.29 is 14.3 Å². The second-order valence-electron chi connectivity index (χ2n) is 5.16. The molecule has 3 aromatic rings.